The topological polar surface area (TPSA) is 90.0 Å². The van der Waals surface area contributed by atoms with E-state index in [-0.39, 0.29) is 5.70 Å². The molecule has 0 saturated carbocycles. The quantitative estimate of drug-likeness (QED) is 0.644. The van der Waals surface area contributed by atoms with Gasteiger partial charge in [0.05, 0.1) is 0 Å². The zero-order chi connectivity index (χ0) is 18.0. The number of hydrogen-bond acceptors (Lipinski definition) is 4. The molecular formula is C18H21N3O4. The first kappa shape index (κ1) is 17.0. The van der Waals surface area contributed by atoms with E-state index in [2.05, 4.69) is 16.3 Å². The number of nitrogens with one attached hydrogen (secondary N) is 1. The van der Waals surface area contributed by atoms with E-state index in [1.54, 1.807) is 6.08 Å². The van der Waals surface area contributed by atoms with Crippen molar-refractivity contribution in [2.24, 2.45) is 0 Å². The van der Waals surface area contributed by atoms with E-state index in [1.807, 2.05) is 19.1 Å². The summed E-state index contributed by atoms with van der Waals surface area (Å²) in [7, 11) is 0. The Morgan fingerprint density at radius 2 is 1.96 bits per heavy atom. The maximum absolute atomic E-state index is 12.2. The fourth-order valence-corrected chi connectivity index (χ4v) is 3.18. The summed E-state index contributed by atoms with van der Waals surface area (Å²) in [4.78, 5) is 37.7. The highest BCUT2D eigenvalue weighted by atomic mass is 16.4. The second kappa shape index (κ2) is 6.96. The van der Waals surface area contributed by atoms with Crippen molar-refractivity contribution < 1.29 is 19.5 Å². The fourth-order valence-electron chi connectivity index (χ4n) is 3.18. The lowest BCUT2D eigenvalue weighted by atomic mass is 10.0. The van der Waals surface area contributed by atoms with E-state index < -0.39 is 24.5 Å². The molecule has 2 fully saturated rings. The normalized spacial score (nSPS) is 19.5. The Labute approximate surface area is 145 Å². The first-order chi connectivity index (χ1) is 12.0. The molecule has 0 spiro atoms. The summed E-state index contributed by atoms with van der Waals surface area (Å²) >= 11 is 0. The third-order valence-electron chi connectivity index (χ3n) is 4.53. The molecule has 132 valence electrons. The number of rotatable bonds is 4. The molecular weight excluding hydrogens is 322 g/mol. The third kappa shape index (κ3) is 3.65. The molecule has 2 aliphatic heterocycles. The number of amides is 3. The maximum Gasteiger partial charge on any atom is 0.329 e. The van der Waals surface area contributed by atoms with Gasteiger partial charge in [-0.1, -0.05) is 6.07 Å². The number of imide groups is 1. The predicted molar refractivity (Wildman–Crippen MR) is 93.1 cm³/mol. The molecule has 0 unspecified atom stereocenters. The number of nitrogens with zero attached hydrogens (tertiary/aromatic N) is 2. The highest BCUT2D eigenvalue weighted by Crippen LogP contribution is 2.24. The minimum Gasteiger partial charge on any atom is -0.480 e. The molecule has 7 heteroatoms. The summed E-state index contributed by atoms with van der Waals surface area (Å²) in [5.74, 6) is -1.85. The lowest BCUT2D eigenvalue weighted by molar-refractivity contribution is -0.140. The van der Waals surface area contributed by atoms with Crippen LogP contribution < -0.4 is 10.2 Å². The molecule has 0 atom stereocenters. The van der Waals surface area contributed by atoms with Crippen molar-refractivity contribution >= 4 is 29.7 Å². The van der Waals surface area contributed by atoms with Gasteiger partial charge in [-0.25, -0.2) is 9.69 Å². The molecule has 2 aliphatic rings. The number of carbonyl (C=O) groups is 3. The van der Waals surface area contributed by atoms with E-state index in [1.165, 1.54) is 19.3 Å². The fraction of sp³-hybridized carbons (Fsp3) is 0.389. The molecule has 0 bridgehead atoms. The summed E-state index contributed by atoms with van der Waals surface area (Å²) in [6, 6.07) is 5.31. The zero-order valence-corrected chi connectivity index (χ0v) is 14.1. The number of carboxylic acids is 1. The van der Waals surface area contributed by atoms with E-state index in [4.69, 9.17) is 5.11 Å². The molecule has 0 aliphatic carbocycles. The summed E-state index contributed by atoms with van der Waals surface area (Å²) in [5.41, 5.74) is 3.07. The molecule has 7 nitrogen and oxygen atoms in total. The lowest BCUT2D eigenvalue weighted by Crippen LogP contribution is -2.35. The number of aryl methyl sites for hydroxylation is 1. The number of benzene rings is 1. The summed E-state index contributed by atoms with van der Waals surface area (Å²) in [6.45, 7) is 3.42. The van der Waals surface area contributed by atoms with E-state index in [0.717, 1.165) is 29.9 Å². The van der Waals surface area contributed by atoms with Crippen LogP contribution in [0.3, 0.4) is 0 Å². The van der Waals surface area contributed by atoms with Crippen molar-refractivity contribution in [3.8, 4) is 0 Å². The van der Waals surface area contributed by atoms with Gasteiger partial charge in [0.15, 0.2) is 0 Å². The van der Waals surface area contributed by atoms with Gasteiger partial charge < -0.3 is 15.3 Å². The summed E-state index contributed by atoms with van der Waals surface area (Å²) < 4.78 is 0. The lowest BCUT2D eigenvalue weighted by Gasteiger charge is -2.29. The van der Waals surface area contributed by atoms with Crippen LogP contribution in [0.15, 0.2) is 23.9 Å². The van der Waals surface area contributed by atoms with Gasteiger partial charge in [0.1, 0.15) is 12.2 Å². The van der Waals surface area contributed by atoms with E-state index in [0.29, 0.717) is 4.90 Å². The van der Waals surface area contributed by atoms with Gasteiger partial charge in [-0.3, -0.25) is 9.59 Å². The Bertz CT molecular complexity index is 751. The Morgan fingerprint density at radius 3 is 2.60 bits per heavy atom. The van der Waals surface area contributed by atoms with Crippen LogP contribution in [0.5, 0.6) is 0 Å². The molecule has 0 radical (unpaired) electrons. The average Bonchev–Trinajstić information content (AvgIpc) is 2.84. The Hall–Kier alpha value is -2.83. The van der Waals surface area contributed by atoms with Crippen LogP contribution in [0.1, 0.15) is 30.4 Å². The van der Waals surface area contributed by atoms with Crippen LogP contribution in [0.2, 0.25) is 0 Å². The van der Waals surface area contributed by atoms with Gasteiger partial charge in [-0.05, 0) is 55.5 Å². The van der Waals surface area contributed by atoms with Gasteiger partial charge in [0.25, 0.3) is 5.91 Å². The molecule has 0 aromatic heterocycles. The third-order valence-corrected chi connectivity index (χ3v) is 4.53. The first-order valence-corrected chi connectivity index (χ1v) is 8.37. The smallest absolute Gasteiger partial charge is 0.329 e. The molecule has 25 heavy (non-hydrogen) atoms. The van der Waals surface area contributed by atoms with Gasteiger partial charge >= 0.3 is 12.0 Å². The molecule has 1 aromatic rings. The molecule has 2 N–H and O–H groups in total. The minimum atomic E-state index is -1.23. The largest absolute Gasteiger partial charge is 0.480 e. The van der Waals surface area contributed by atoms with Gasteiger partial charge in [0, 0.05) is 18.8 Å². The van der Waals surface area contributed by atoms with E-state index >= 15 is 0 Å². The molecule has 2 heterocycles. The number of hydrogen-bond donors (Lipinski definition) is 2. The van der Waals surface area contributed by atoms with Gasteiger partial charge in [-0.2, -0.15) is 0 Å². The summed E-state index contributed by atoms with van der Waals surface area (Å²) in [6.07, 6.45) is 5.27. The number of aliphatic carboxylic acids is 1. The highest BCUT2D eigenvalue weighted by Gasteiger charge is 2.34. The molecule has 3 amide bonds. The highest BCUT2D eigenvalue weighted by molar-refractivity contribution is 6.15. The summed E-state index contributed by atoms with van der Waals surface area (Å²) in [5, 5.41) is 11.2. The van der Waals surface area contributed by atoms with Crippen LogP contribution in [-0.4, -0.2) is 47.5 Å². The van der Waals surface area contributed by atoms with Crippen molar-refractivity contribution in [1.82, 2.24) is 10.2 Å². The Kier molecular flexibility index (Phi) is 4.74. The Morgan fingerprint density at radius 1 is 1.24 bits per heavy atom. The molecule has 1 aromatic carbocycles. The van der Waals surface area contributed by atoms with Crippen LogP contribution in [0, 0.1) is 6.92 Å². The van der Waals surface area contributed by atoms with Crippen LogP contribution in [0.4, 0.5) is 10.5 Å². The SMILES string of the molecule is Cc1cc(N2CCCCC2)ccc1/C=C1/NC(=O)N(CC(=O)O)C1=O. The van der Waals surface area contributed by atoms with Crippen molar-refractivity contribution in [2.45, 2.75) is 26.2 Å². The number of urea groups is 1. The van der Waals surface area contributed by atoms with Gasteiger partial charge in [0.2, 0.25) is 0 Å². The van der Waals surface area contributed by atoms with Crippen LogP contribution >= 0.6 is 0 Å². The average molecular weight is 343 g/mol. The van der Waals surface area contributed by atoms with Crippen molar-refractivity contribution in [2.75, 3.05) is 24.5 Å². The minimum absolute atomic E-state index is 0.0973. The van der Waals surface area contributed by atoms with Crippen molar-refractivity contribution in [3.63, 3.8) is 0 Å². The van der Waals surface area contributed by atoms with Crippen LogP contribution in [0.25, 0.3) is 6.08 Å². The maximum atomic E-state index is 12.2. The second-order valence-electron chi connectivity index (χ2n) is 6.36. The number of anilines is 1. The van der Waals surface area contributed by atoms with E-state index in [9.17, 15) is 14.4 Å². The van der Waals surface area contributed by atoms with Crippen molar-refractivity contribution in [1.29, 1.82) is 0 Å². The number of carboxylic acid groups (broad SMARTS) is 1. The molecule has 3 rings (SSSR count). The zero-order valence-electron chi connectivity index (χ0n) is 14.1. The van der Waals surface area contributed by atoms with Gasteiger partial charge in [-0.15, -0.1) is 0 Å². The van der Waals surface area contributed by atoms with Crippen LogP contribution in [-0.2, 0) is 9.59 Å². The first-order valence-electron chi connectivity index (χ1n) is 8.37. The monoisotopic (exact) mass is 343 g/mol. The standard InChI is InChI=1S/C18H21N3O4/c1-12-9-14(20-7-3-2-4-8-20)6-5-13(12)10-15-17(24)21(11-16(22)23)18(25)19-15/h5-6,9-10H,2-4,7-8,11H2,1H3,(H,19,25)(H,22,23)/b15-10+. The second-order valence-corrected chi connectivity index (χ2v) is 6.36. The molecule has 2 saturated heterocycles. The Balaban J connectivity index is 1.80. The van der Waals surface area contributed by atoms with Crippen molar-refractivity contribution in [3.05, 3.63) is 35.0 Å². The number of piperidine rings is 1. The predicted octanol–water partition coefficient (Wildman–Crippen LogP) is 1.96. The number of carbonyl (C=O) groups excluding carboxylic acids is 2.